The molecule has 2 aliphatic rings. The molecule has 1 aromatic rings. The van der Waals surface area contributed by atoms with Gasteiger partial charge in [-0.3, -0.25) is 4.90 Å². The molecule has 2 atom stereocenters. The summed E-state index contributed by atoms with van der Waals surface area (Å²) in [6, 6.07) is 7.27. The maximum Gasteiger partial charge on any atom is 0.107 e. The Kier molecular flexibility index (Phi) is 4.29. The van der Waals surface area contributed by atoms with Crippen molar-refractivity contribution in [2.75, 3.05) is 18.4 Å². The second kappa shape index (κ2) is 6.00. The number of piperidine rings is 1. The molecule has 2 unspecified atom stereocenters. The normalized spacial score (nSPS) is 26.2. The summed E-state index contributed by atoms with van der Waals surface area (Å²) >= 11 is 8.74. The second-order valence-corrected chi connectivity index (χ2v) is 6.96. The van der Waals surface area contributed by atoms with Gasteiger partial charge in [-0.15, -0.1) is 0 Å². The minimum atomic E-state index is 0.443. The van der Waals surface area contributed by atoms with Crippen LogP contribution in [0.5, 0.6) is 0 Å². The zero-order valence-corrected chi connectivity index (χ0v) is 13.8. The Labute approximate surface area is 134 Å². The SMILES string of the molecule is NC(=S)c1c(Br)cccc1NC1CCN2CCCCC12. The first-order chi connectivity index (χ1) is 9.66. The topological polar surface area (TPSA) is 41.3 Å². The molecular formula is C15H20BrN3S. The molecule has 3 nitrogen and oxygen atoms in total. The van der Waals surface area contributed by atoms with E-state index in [4.69, 9.17) is 18.0 Å². The van der Waals surface area contributed by atoms with Crippen molar-refractivity contribution in [2.45, 2.75) is 37.8 Å². The van der Waals surface area contributed by atoms with Crippen molar-refractivity contribution in [2.24, 2.45) is 5.73 Å². The quantitative estimate of drug-likeness (QED) is 0.819. The highest BCUT2D eigenvalue weighted by Crippen LogP contribution is 2.32. The monoisotopic (exact) mass is 353 g/mol. The summed E-state index contributed by atoms with van der Waals surface area (Å²) in [5.74, 6) is 0. The number of hydrogen-bond donors (Lipinski definition) is 2. The Hall–Kier alpha value is -0.650. The third kappa shape index (κ3) is 2.71. The first-order valence-electron chi connectivity index (χ1n) is 7.25. The smallest absolute Gasteiger partial charge is 0.107 e. The number of fused-ring (bicyclic) bond motifs is 1. The van der Waals surface area contributed by atoms with Crippen LogP contribution in [0.1, 0.15) is 31.2 Å². The molecule has 0 spiro atoms. The van der Waals surface area contributed by atoms with Crippen LogP contribution in [0, 0.1) is 0 Å². The number of nitrogens with one attached hydrogen (secondary N) is 1. The van der Waals surface area contributed by atoms with Crippen LogP contribution in [0.4, 0.5) is 5.69 Å². The van der Waals surface area contributed by atoms with Gasteiger partial charge in [0, 0.05) is 34.4 Å². The first kappa shape index (κ1) is 14.3. The summed E-state index contributed by atoms with van der Waals surface area (Å²) in [4.78, 5) is 3.07. The van der Waals surface area contributed by atoms with E-state index in [0.717, 1.165) is 15.7 Å². The lowest BCUT2D eigenvalue weighted by Crippen LogP contribution is -2.42. The number of rotatable bonds is 3. The van der Waals surface area contributed by atoms with Crippen LogP contribution >= 0.6 is 28.1 Å². The zero-order valence-electron chi connectivity index (χ0n) is 11.4. The Morgan fingerprint density at radius 2 is 2.15 bits per heavy atom. The highest BCUT2D eigenvalue weighted by atomic mass is 79.9. The van der Waals surface area contributed by atoms with E-state index in [2.05, 4.69) is 32.2 Å². The molecule has 1 aromatic carbocycles. The first-order valence-corrected chi connectivity index (χ1v) is 8.46. The van der Waals surface area contributed by atoms with Gasteiger partial charge in [-0.1, -0.05) is 24.7 Å². The molecule has 2 aliphatic heterocycles. The number of thiocarbonyl (C=S) groups is 1. The van der Waals surface area contributed by atoms with Crippen molar-refractivity contribution in [3.8, 4) is 0 Å². The Morgan fingerprint density at radius 1 is 1.30 bits per heavy atom. The van der Waals surface area contributed by atoms with Gasteiger partial charge in [0.2, 0.25) is 0 Å². The minimum Gasteiger partial charge on any atom is -0.389 e. The summed E-state index contributed by atoms with van der Waals surface area (Å²) in [5, 5.41) is 3.69. The standard InChI is InChI=1S/C15H20BrN3S/c16-10-4-3-5-12(14(10)15(17)20)18-11-7-9-19-8-2-1-6-13(11)19/h3-5,11,13,18H,1-2,6-9H2,(H2,17,20). The van der Waals surface area contributed by atoms with Gasteiger partial charge in [0.05, 0.1) is 0 Å². The molecule has 3 rings (SSSR count). The molecule has 0 saturated carbocycles. The minimum absolute atomic E-state index is 0.443. The molecule has 0 aliphatic carbocycles. The predicted molar refractivity (Wildman–Crippen MR) is 91.3 cm³/mol. The third-order valence-electron chi connectivity index (χ3n) is 4.46. The fourth-order valence-corrected chi connectivity index (χ4v) is 4.44. The molecular weight excluding hydrogens is 334 g/mol. The van der Waals surface area contributed by atoms with Crippen molar-refractivity contribution in [1.29, 1.82) is 0 Å². The van der Waals surface area contributed by atoms with E-state index in [0.29, 0.717) is 17.1 Å². The fourth-order valence-electron chi connectivity index (χ4n) is 3.51. The summed E-state index contributed by atoms with van der Waals surface area (Å²) in [6.45, 7) is 2.46. The number of halogens is 1. The van der Waals surface area contributed by atoms with E-state index < -0.39 is 0 Å². The van der Waals surface area contributed by atoms with E-state index in [1.54, 1.807) is 0 Å². The van der Waals surface area contributed by atoms with Gasteiger partial charge in [0.15, 0.2) is 0 Å². The molecule has 0 bridgehead atoms. The van der Waals surface area contributed by atoms with E-state index in [9.17, 15) is 0 Å². The lowest BCUT2D eigenvalue weighted by Gasteiger charge is -2.33. The van der Waals surface area contributed by atoms with Gasteiger partial charge in [0.1, 0.15) is 4.99 Å². The number of nitrogens with zero attached hydrogens (tertiary/aromatic N) is 1. The zero-order chi connectivity index (χ0) is 14.1. The van der Waals surface area contributed by atoms with Crippen LogP contribution in [0.15, 0.2) is 22.7 Å². The van der Waals surface area contributed by atoms with Crippen LogP contribution in [-0.4, -0.2) is 35.1 Å². The molecule has 2 heterocycles. The van der Waals surface area contributed by atoms with Crippen LogP contribution in [0.25, 0.3) is 0 Å². The highest BCUT2D eigenvalue weighted by Gasteiger charge is 2.35. The Morgan fingerprint density at radius 3 is 2.95 bits per heavy atom. The van der Waals surface area contributed by atoms with Crippen molar-refractivity contribution < 1.29 is 0 Å². The molecule has 3 N–H and O–H groups in total. The lowest BCUT2D eigenvalue weighted by molar-refractivity contribution is 0.193. The summed E-state index contributed by atoms with van der Waals surface area (Å²) in [7, 11) is 0. The third-order valence-corrected chi connectivity index (χ3v) is 5.32. The van der Waals surface area contributed by atoms with Gasteiger partial charge >= 0.3 is 0 Å². The molecule has 0 aromatic heterocycles. The second-order valence-electron chi connectivity index (χ2n) is 5.67. The molecule has 0 radical (unpaired) electrons. The number of benzene rings is 1. The molecule has 108 valence electrons. The molecule has 0 amide bonds. The maximum atomic E-state index is 5.87. The van der Waals surface area contributed by atoms with Gasteiger partial charge in [0.25, 0.3) is 0 Å². The van der Waals surface area contributed by atoms with Gasteiger partial charge in [-0.25, -0.2) is 0 Å². The molecule has 2 saturated heterocycles. The van der Waals surface area contributed by atoms with Crippen molar-refractivity contribution in [3.05, 3.63) is 28.2 Å². The molecule has 2 fully saturated rings. The Balaban J connectivity index is 1.81. The summed E-state index contributed by atoms with van der Waals surface area (Å²) in [5.41, 5.74) is 7.86. The highest BCUT2D eigenvalue weighted by molar-refractivity contribution is 9.10. The maximum absolute atomic E-state index is 5.87. The van der Waals surface area contributed by atoms with Crippen molar-refractivity contribution in [3.63, 3.8) is 0 Å². The molecule has 20 heavy (non-hydrogen) atoms. The average molecular weight is 354 g/mol. The number of nitrogens with two attached hydrogens (primary N) is 1. The van der Waals surface area contributed by atoms with Crippen molar-refractivity contribution in [1.82, 2.24) is 4.90 Å². The van der Waals surface area contributed by atoms with Crippen LogP contribution < -0.4 is 11.1 Å². The fraction of sp³-hybridized carbons (Fsp3) is 0.533. The number of hydrogen-bond acceptors (Lipinski definition) is 3. The number of anilines is 1. The van der Waals surface area contributed by atoms with E-state index in [-0.39, 0.29) is 0 Å². The van der Waals surface area contributed by atoms with Crippen LogP contribution in [-0.2, 0) is 0 Å². The largest absolute Gasteiger partial charge is 0.389 e. The van der Waals surface area contributed by atoms with Gasteiger partial charge in [-0.2, -0.15) is 0 Å². The van der Waals surface area contributed by atoms with Gasteiger partial charge < -0.3 is 11.1 Å². The predicted octanol–water partition coefficient (Wildman–Crippen LogP) is 3.12. The van der Waals surface area contributed by atoms with E-state index in [1.165, 1.54) is 38.8 Å². The van der Waals surface area contributed by atoms with Gasteiger partial charge in [-0.05, 0) is 53.9 Å². The van der Waals surface area contributed by atoms with Crippen LogP contribution in [0.3, 0.4) is 0 Å². The molecule has 5 heteroatoms. The van der Waals surface area contributed by atoms with Crippen molar-refractivity contribution >= 4 is 38.8 Å². The summed E-state index contributed by atoms with van der Waals surface area (Å²) in [6.07, 6.45) is 5.19. The average Bonchev–Trinajstić information content (AvgIpc) is 2.82. The van der Waals surface area contributed by atoms with E-state index >= 15 is 0 Å². The lowest BCUT2D eigenvalue weighted by atomic mass is 9.98. The Bertz CT molecular complexity index is 520. The van der Waals surface area contributed by atoms with E-state index in [1.807, 2.05) is 12.1 Å². The van der Waals surface area contributed by atoms with Crippen LogP contribution in [0.2, 0.25) is 0 Å². The summed E-state index contributed by atoms with van der Waals surface area (Å²) < 4.78 is 0.966.